The van der Waals surface area contributed by atoms with E-state index in [1.54, 1.807) is 20.5 Å². The number of ether oxygens (including phenoxy) is 2. The number of methoxy groups -OCH3 is 2. The minimum absolute atomic E-state index is 0.203. The molecule has 0 saturated carbocycles. The van der Waals surface area contributed by atoms with Gasteiger partial charge >= 0.3 is 0 Å². The van der Waals surface area contributed by atoms with Crippen LogP contribution in [-0.2, 0) is 13.1 Å². The Labute approximate surface area is 143 Å². The molecule has 2 aromatic rings. The second-order valence-corrected chi connectivity index (χ2v) is 6.25. The summed E-state index contributed by atoms with van der Waals surface area (Å²) < 4.78 is 16.1. The van der Waals surface area contributed by atoms with Crippen molar-refractivity contribution in [2.75, 3.05) is 20.8 Å². The Morgan fingerprint density at radius 1 is 1.08 bits per heavy atom. The van der Waals surface area contributed by atoms with Crippen LogP contribution in [0.2, 0.25) is 0 Å². The number of aliphatic hydroxyl groups excluding tert-OH is 1. The van der Waals surface area contributed by atoms with E-state index in [2.05, 4.69) is 4.90 Å². The Kier molecular flexibility index (Phi) is 6.70. The van der Waals surface area contributed by atoms with Crippen LogP contribution in [0.5, 0.6) is 11.5 Å². The maximum Gasteiger partial charge on any atom is 0.161 e. The molecule has 0 saturated heterocycles. The van der Waals surface area contributed by atoms with Crippen molar-refractivity contribution < 1.29 is 19.0 Å². The van der Waals surface area contributed by atoms with E-state index >= 15 is 0 Å². The van der Waals surface area contributed by atoms with Gasteiger partial charge in [-0.3, -0.25) is 4.90 Å². The zero-order valence-electron chi connectivity index (χ0n) is 14.9. The maximum atomic E-state index is 10.3. The predicted octanol–water partition coefficient (Wildman–Crippen LogP) is 3.32. The van der Waals surface area contributed by atoms with Gasteiger partial charge in [-0.1, -0.05) is 19.9 Å². The summed E-state index contributed by atoms with van der Waals surface area (Å²) in [5.74, 6) is 2.50. The lowest BCUT2D eigenvalue weighted by Gasteiger charge is -2.26. The average molecular weight is 333 g/mol. The molecule has 5 heteroatoms. The third kappa shape index (κ3) is 5.01. The lowest BCUT2D eigenvalue weighted by molar-refractivity contribution is 0.0670. The summed E-state index contributed by atoms with van der Waals surface area (Å²) in [5, 5.41) is 10.3. The van der Waals surface area contributed by atoms with Crippen molar-refractivity contribution in [2.24, 2.45) is 5.92 Å². The van der Waals surface area contributed by atoms with Crippen molar-refractivity contribution in [2.45, 2.75) is 33.0 Å². The van der Waals surface area contributed by atoms with Crippen LogP contribution >= 0.6 is 0 Å². The first-order chi connectivity index (χ1) is 11.5. The molecule has 0 spiro atoms. The Bertz CT molecular complexity index is 610. The minimum Gasteiger partial charge on any atom is -0.493 e. The van der Waals surface area contributed by atoms with E-state index in [1.807, 2.05) is 44.2 Å². The third-order valence-electron chi connectivity index (χ3n) is 4.03. The highest BCUT2D eigenvalue weighted by Gasteiger charge is 2.17. The highest BCUT2D eigenvalue weighted by atomic mass is 16.5. The van der Waals surface area contributed by atoms with E-state index < -0.39 is 0 Å². The van der Waals surface area contributed by atoms with Gasteiger partial charge in [-0.25, -0.2) is 0 Å². The lowest BCUT2D eigenvalue weighted by Crippen LogP contribution is -2.34. The summed E-state index contributed by atoms with van der Waals surface area (Å²) >= 11 is 0. The first-order valence-electron chi connectivity index (χ1n) is 8.17. The van der Waals surface area contributed by atoms with Gasteiger partial charge in [0.1, 0.15) is 5.76 Å². The predicted molar refractivity (Wildman–Crippen MR) is 93.2 cm³/mol. The van der Waals surface area contributed by atoms with Crippen molar-refractivity contribution in [3.05, 3.63) is 47.9 Å². The van der Waals surface area contributed by atoms with Gasteiger partial charge in [0.2, 0.25) is 0 Å². The molecule has 0 bridgehead atoms. The zero-order chi connectivity index (χ0) is 17.5. The highest BCUT2D eigenvalue weighted by molar-refractivity contribution is 5.42. The fourth-order valence-electron chi connectivity index (χ4n) is 2.52. The van der Waals surface area contributed by atoms with Crippen molar-refractivity contribution in [3.63, 3.8) is 0 Å². The number of furan rings is 1. The van der Waals surface area contributed by atoms with Gasteiger partial charge in [0, 0.05) is 13.1 Å². The second-order valence-electron chi connectivity index (χ2n) is 6.25. The van der Waals surface area contributed by atoms with E-state index in [0.29, 0.717) is 31.1 Å². The van der Waals surface area contributed by atoms with Crippen LogP contribution in [0.15, 0.2) is 41.0 Å². The molecule has 1 aromatic carbocycles. The van der Waals surface area contributed by atoms with Gasteiger partial charge in [-0.05, 0) is 35.7 Å². The number of aliphatic hydroxyl groups is 1. The molecule has 0 aliphatic rings. The molecule has 1 heterocycles. The fourth-order valence-corrected chi connectivity index (χ4v) is 2.52. The van der Waals surface area contributed by atoms with Crippen molar-refractivity contribution in [1.82, 2.24) is 4.90 Å². The molecular weight excluding hydrogens is 306 g/mol. The Morgan fingerprint density at radius 2 is 1.83 bits per heavy atom. The van der Waals surface area contributed by atoms with E-state index in [4.69, 9.17) is 13.9 Å². The summed E-state index contributed by atoms with van der Waals surface area (Å²) in [6.07, 6.45) is 1.28. The van der Waals surface area contributed by atoms with Crippen LogP contribution < -0.4 is 9.47 Å². The van der Waals surface area contributed by atoms with E-state index in [9.17, 15) is 5.11 Å². The Morgan fingerprint density at radius 3 is 2.42 bits per heavy atom. The molecule has 1 unspecified atom stereocenters. The molecule has 0 amide bonds. The zero-order valence-corrected chi connectivity index (χ0v) is 14.9. The second kappa shape index (κ2) is 8.76. The Balaban J connectivity index is 2.14. The minimum atomic E-state index is -0.389. The SMILES string of the molecule is COc1ccc(CN(Cc2ccco2)CC(O)C(C)C)cc1OC. The van der Waals surface area contributed by atoms with Gasteiger partial charge in [0.25, 0.3) is 0 Å². The smallest absolute Gasteiger partial charge is 0.161 e. The molecule has 2 rings (SSSR count). The molecule has 0 fully saturated rings. The average Bonchev–Trinajstić information content (AvgIpc) is 3.07. The van der Waals surface area contributed by atoms with Gasteiger partial charge in [-0.15, -0.1) is 0 Å². The van der Waals surface area contributed by atoms with Crippen LogP contribution in [0, 0.1) is 5.92 Å². The number of benzene rings is 1. The van der Waals surface area contributed by atoms with Crippen molar-refractivity contribution >= 4 is 0 Å². The number of rotatable bonds is 9. The molecule has 1 aromatic heterocycles. The van der Waals surface area contributed by atoms with Crippen LogP contribution in [0.3, 0.4) is 0 Å². The molecule has 132 valence electrons. The molecule has 5 nitrogen and oxygen atoms in total. The molecule has 1 N–H and O–H groups in total. The molecular formula is C19H27NO4. The number of nitrogens with zero attached hydrogens (tertiary/aromatic N) is 1. The first kappa shape index (κ1) is 18.4. The summed E-state index contributed by atoms with van der Waals surface area (Å²) in [6.45, 7) is 5.95. The number of hydrogen-bond acceptors (Lipinski definition) is 5. The van der Waals surface area contributed by atoms with E-state index in [0.717, 1.165) is 11.3 Å². The molecule has 24 heavy (non-hydrogen) atoms. The van der Waals surface area contributed by atoms with Crippen LogP contribution in [-0.4, -0.2) is 36.9 Å². The first-order valence-corrected chi connectivity index (χ1v) is 8.17. The van der Waals surface area contributed by atoms with Gasteiger partial charge < -0.3 is 19.0 Å². The summed E-state index contributed by atoms with van der Waals surface area (Å²) in [4.78, 5) is 2.17. The summed E-state index contributed by atoms with van der Waals surface area (Å²) in [5.41, 5.74) is 1.09. The van der Waals surface area contributed by atoms with Crippen LogP contribution in [0.25, 0.3) is 0 Å². The maximum absolute atomic E-state index is 10.3. The monoisotopic (exact) mass is 333 g/mol. The van der Waals surface area contributed by atoms with Crippen molar-refractivity contribution in [1.29, 1.82) is 0 Å². The molecule has 1 atom stereocenters. The largest absolute Gasteiger partial charge is 0.493 e. The molecule has 0 aliphatic heterocycles. The van der Waals surface area contributed by atoms with Gasteiger partial charge in [-0.2, -0.15) is 0 Å². The standard InChI is InChI=1S/C19H27NO4/c1-14(2)17(21)13-20(12-16-6-5-9-24-16)11-15-7-8-18(22-3)19(10-15)23-4/h5-10,14,17,21H,11-13H2,1-4H3. The summed E-state index contributed by atoms with van der Waals surface area (Å²) in [7, 11) is 3.25. The Hall–Kier alpha value is -1.98. The number of hydrogen-bond donors (Lipinski definition) is 1. The quantitative estimate of drug-likeness (QED) is 0.763. The van der Waals surface area contributed by atoms with E-state index in [-0.39, 0.29) is 12.0 Å². The summed E-state index contributed by atoms with van der Waals surface area (Å²) in [6, 6.07) is 9.71. The fraction of sp³-hybridized carbons (Fsp3) is 0.474. The lowest BCUT2D eigenvalue weighted by atomic mass is 10.1. The van der Waals surface area contributed by atoms with Crippen LogP contribution in [0.4, 0.5) is 0 Å². The highest BCUT2D eigenvalue weighted by Crippen LogP contribution is 2.28. The molecule has 0 radical (unpaired) electrons. The van der Waals surface area contributed by atoms with Gasteiger partial charge in [0.15, 0.2) is 11.5 Å². The molecule has 0 aliphatic carbocycles. The van der Waals surface area contributed by atoms with E-state index in [1.165, 1.54) is 0 Å². The van der Waals surface area contributed by atoms with Crippen LogP contribution in [0.1, 0.15) is 25.2 Å². The normalized spacial score (nSPS) is 12.6. The van der Waals surface area contributed by atoms with Gasteiger partial charge in [0.05, 0.1) is 33.1 Å². The topological polar surface area (TPSA) is 55.1 Å². The van der Waals surface area contributed by atoms with Crippen molar-refractivity contribution in [3.8, 4) is 11.5 Å². The third-order valence-corrected chi connectivity index (χ3v) is 4.03.